The Morgan fingerprint density at radius 2 is 1.89 bits per heavy atom. The number of hydrogen-bond donors (Lipinski definition) is 3. The summed E-state index contributed by atoms with van der Waals surface area (Å²) in [6, 6.07) is 16.7. The molecule has 3 amide bonds. The maximum Gasteiger partial charge on any atom is 0.319 e. The average Bonchev–Trinajstić information content (AvgIpc) is 2.85. The predicted octanol–water partition coefficient (Wildman–Crippen LogP) is 3.77. The van der Waals surface area contributed by atoms with Gasteiger partial charge in [-0.3, -0.25) is 9.69 Å². The minimum absolute atomic E-state index is 0.195. The highest BCUT2D eigenvalue weighted by molar-refractivity contribution is 7.88. The quantitative estimate of drug-likeness (QED) is 0.432. The normalized spacial score (nSPS) is 16.0. The number of aromatic nitrogens is 1. The summed E-state index contributed by atoms with van der Waals surface area (Å²) in [7, 11) is -3.29. The average molecular weight is 528 g/mol. The van der Waals surface area contributed by atoms with Gasteiger partial charge in [0.25, 0.3) is 5.91 Å². The molecule has 3 N–H and O–H groups in total. The molecule has 188 valence electrons. The first-order valence-corrected chi connectivity index (χ1v) is 13.6. The lowest BCUT2D eigenvalue weighted by Crippen LogP contribution is -2.53. The van der Waals surface area contributed by atoms with Gasteiger partial charge in [0.15, 0.2) is 0 Å². The van der Waals surface area contributed by atoms with E-state index in [-0.39, 0.29) is 12.5 Å². The Labute approximate surface area is 214 Å². The number of nitrogens with one attached hydrogen (secondary N) is 3. The second-order valence-corrected chi connectivity index (χ2v) is 10.8. The number of rotatable bonds is 7. The fourth-order valence-electron chi connectivity index (χ4n) is 3.89. The van der Waals surface area contributed by atoms with Gasteiger partial charge in [-0.05, 0) is 66.4 Å². The van der Waals surface area contributed by atoms with E-state index in [2.05, 4.69) is 20.3 Å². The number of carbonyl (C=O) groups is 2. The zero-order valence-corrected chi connectivity index (χ0v) is 21.1. The molecule has 0 spiro atoms. The Kier molecular flexibility index (Phi) is 7.88. The first-order chi connectivity index (χ1) is 17.2. The van der Waals surface area contributed by atoms with Gasteiger partial charge in [-0.15, -0.1) is 0 Å². The number of nitrogens with zero attached hydrogens (tertiary/aromatic N) is 2. The van der Waals surface area contributed by atoms with Crippen molar-refractivity contribution in [3.05, 3.63) is 77.4 Å². The summed E-state index contributed by atoms with van der Waals surface area (Å²) in [5.41, 5.74) is 3.11. The number of anilines is 2. The molecule has 2 aromatic carbocycles. The molecule has 0 bridgehead atoms. The molecule has 0 saturated carbocycles. The summed E-state index contributed by atoms with van der Waals surface area (Å²) < 4.78 is 25.2. The van der Waals surface area contributed by atoms with E-state index in [1.165, 1.54) is 0 Å². The van der Waals surface area contributed by atoms with Crippen LogP contribution in [-0.4, -0.2) is 44.2 Å². The van der Waals surface area contributed by atoms with E-state index in [1.54, 1.807) is 41.4 Å². The Hall–Kier alpha value is -3.47. The molecular formula is C25H26ClN5O4S. The number of carbonyl (C=O) groups excluding carboxylic acids is 2. The van der Waals surface area contributed by atoms with Gasteiger partial charge in [-0.2, -0.15) is 0 Å². The number of benzene rings is 2. The van der Waals surface area contributed by atoms with E-state index in [9.17, 15) is 18.0 Å². The Balaban J connectivity index is 1.40. The molecule has 9 nitrogen and oxygen atoms in total. The summed E-state index contributed by atoms with van der Waals surface area (Å²) in [4.78, 5) is 31.5. The fourth-order valence-corrected chi connectivity index (χ4v) is 4.44. The van der Waals surface area contributed by atoms with Crippen LogP contribution >= 0.6 is 11.6 Å². The molecule has 0 aliphatic carbocycles. The molecule has 0 unspecified atom stereocenters. The van der Waals surface area contributed by atoms with E-state index in [0.717, 1.165) is 29.4 Å². The van der Waals surface area contributed by atoms with Crippen LogP contribution in [0.1, 0.15) is 18.4 Å². The lowest BCUT2D eigenvalue weighted by Gasteiger charge is -2.32. The van der Waals surface area contributed by atoms with Crippen LogP contribution in [0.2, 0.25) is 5.02 Å². The first-order valence-electron chi connectivity index (χ1n) is 11.3. The number of pyridine rings is 1. The Morgan fingerprint density at radius 3 is 2.58 bits per heavy atom. The van der Waals surface area contributed by atoms with Crippen molar-refractivity contribution in [2.45, 2.75) is 25.4 Å². The highest BCUT2D eigenvalue weighted by Crippen LogP contribution is 2.24. The standard InChI is InChI=1S/C25H26ClN5O4S/c1-36(34,35)28-15-17-4-2-5-18(14-17)19-7-12-23(27-16-19)31-13-3-6-22(24(31)32)30-25(33)29-21-10-8-20(26)9-11-21/h2,4-5,7-12,14,16,22,28H,3,6,13,15H2,1H3,(H2,29,30,33)/t22-/m1/s1. The van der Waals surface area contributed by atoms with Crippen molar-refractivity contribution in [2.24, 2.45) is 0 Å². The topological polar surface area (TPSA) is 121 Å². The molecule has 0 radical (unpaired) electrons. The van der Waals surface area contributed by atoms with Crippen molar-refractivity contribution >= 4 is 45.1 Å². The van der Waals surface area contributed by atoms with Gasteiger partial charge in [-0.25, -0.2) is 22.9 Å². The number of urea groups is 1. The van der Waals surface area contributed by atoms with Crippen molar-refractivity contribution in [1.29, 1.82) is 0 Å². The molecule has 36 heavy (non-hydrogen) atoms. The summed E-state index contributed by atoms with van der Waals surface area (Å²) in [6.45, 7) is 0.704. The van der Waals surface area contributed by atoms with Crippen LogP contribution in [0.5, 0.6) is 0 Å². The van der Waals surface area contributed by atoms with Crippen LogP contribution in [0.3, 0.4) is 0 Å². The summed E-state index contributed by atoms with van der Waals surface area (Å²) in [5, 5.41) is 6.02. The fraction of sp³-hybridized carbons (Fsp3) is 0.240. The van der Waals surface area contributed by atoms with E-state index < -0.39 is 22.1 Å². The van der Waals surface area contributed by atoms with Gasteiger partial charge < -0.3 is 10.6 Å². The van der Waals surface area contributed by atoms with Crippen molar-refractivity contribution in [1.82, 2.24) is 15.0 Å². The molecule has 1 aliphatic heterocycles. The van der Waals surface area contributed by atoms with Gasteiger partial charge in [0.05, 0.1) is 6.26 Å². The van der Waals surface area contributed by atoms with Crippen molar-refractivity contribution in [3.8, 4) is 11.1 Å². The number of halogens is 1. The van der Waals surface area contributed by atoms with E-state index in [0.29, 0.717) is 29.5 Å². The third-order valence-electron chi connectivity index (χ3n) is 5.67. The Morgan fingerprint density at radius 1 is 1.11 bits per heavy atom. The van der Waals surface area contributed by atoms with Gasteiger partial charge in [-0.1, -0.05) is 29.8 Å². The molecule has 4 rings (SSSR count). The summed E-state index contributed by atoms with van der Waals surface area (Å²) >= 11 is 5.87. The highest BCUT2D eigenvalue weighted by atomic mass is 35.5. The number of piperidine rings is 1. The maximum atomic E-state index is 13.1. The summed E-state index contributed by atoms with van der Waals surface area (Å²) in [5.74, 6) is 0.282. The van der Waals surface area contributed by atoms with Crippen LogP contribution < -0.4 is 20.3 Å². The highest BCUT2D eigenvalue weighted by Gasteiger charge is 2.31. The second kappa shape index (κ2) is 11.1. The largest absolute Gasteiger partial charge is 0.326 e. The zero-order valence-electron chi connectivity index (χ0n) is 19.6. The summed E-state index contributed by atoms with van der Waals surface area (Å²) in [6.07, 6.45) is 4.05. The lowest BCUT2D eigenvalue weighted by atomic mass is 10.0. The van der Waals surface area contributed by atoms with Crippen LogP contribution in [0, 0.1) is 0 Å². The SMILES string of the molecule is CS(=O)(=O)NCc1cccc(-c2ccc(N3CCC[C@@H](NC(=O)Nc4ccc(Cl)cc4)C3=O)nc2)c1. The lowest BCUT2D eigenvalue weighted by molar-refractivity contribution is -0.121. The monoisotopic (exact) mass is 527 g/mol. The van der Waals surface area contributed by atoms with Crippen LogP contribution in [0.15, 0.2) is 66.9 Å². The third-order valence-corrected chi connectivity index (χ3v) is 6.59. The third kappa shape index (κ3) is 6.81. The molecule has 11 heteroatoms. The van der Waals surface area contributed by atoms with Crippen molar-refractivity contribution < 1.29 is 18.0 Å². The molecule has 1 aliphatic rings. The van der Waals surface area contributed by atoms with Crippen LogP contribution in [0.25, 0.3) is 11.1 Å². The van der Waals surface area contributed by atoms with E-state index >= 15 is 0 Å². The molecule has 3 aromatic rings. The number of hydrogen-bond acceptors (Lipinski definition) is 5. The van der Waals surface area contributed by atoms with E-state index in [4.69, 9.17) is 11.6 Å². The second-order valence-electron chi connectivity index (χ2n) is 8.49. The molecular weight excluding hydrogens is 502 g/mol. The van der Waals surface area contributed by atoms with Gasteiger partial charge in [0, 0.05) is 35.6 Å². The van der Waals surface area contributed by atoms with E-state index in [1.807, 2.05) is 30.3 Å². The van der Waals surface area contributed by atoms with Gasteiger partial charge >= 0.3 is 6.03 Å². The van der Waals surface area contributed by atoms with Crippen LogP contribution in [0.4, 0.5) is 16.3 Å². The smallest absolute Gasteiger partial charge is 0.319 e. The maximum absolute atomic E-state index is 13.1. The molecule has 1 atom stereocenters. The van der Waals surface area contributed by atoms with Gasteiger partial charge in [0.1, 0.15) is 11.9 Å². The molecule has 1 aromatic heterocycles. The number of amides is 3. The minimum Gasteiger partial charge on any atom is -0.326 e. The first kappa shape index (κ1) is 25.6. The Bertz CT molecular complexity index is 1350. The molecule has 1 fully saturated rings. The molecule has 1 saturated heterocycles. The zero-order chi connectivity index (χ0) is 25.7. The number of sulfonamides is 1. The minimum atomic E-state index is -3.29. The van der Waals surface area contributed by atoms with Gasteiger partial charge in [0.2, 0.25) is 10.0 Å². The van der Waals surface area contributed by atoms with Crippen LogP contribution in [-0.2, 0) is 21.4 Å². The van der Waals surface area contributed by atoms with Crippen molar-refractivity contribution in [2.75, 3.05) is 23.0 Å². The predicted molar refractivity (Wildman–Crippen MR) is 140 cm³/mol. The van der Waals surface area contributed by atoms with Crippen molar-refractivity contribution in [3.63, 3.8) is 0 Å². The molecule has 2 heterocycles.